The van der Waals surface area contributed by atoms with Gasteiger partial charge in [-0.2, -0.15) is 0 Å². The van der Waals surface area contributed by atoms with Crippen LogP contribution in [-0.2, 0) is 4.79 Å². The summed E-state index contributed by atoms with van der Waals surface area (Å²) in [5.41, 5.74) is 0. The maximum atomic E-state index is 12.0. The van der Waals surface area contributed by atoms with E-state index >= 15 is 0 Å². The Bertz CT molecular complexity index is 407. The first-order valence-electron chi connectivity index (χ1n) is 11.6. The molecule has 1 amide bonds. The molecule has 0 bridgehead atoms. The topological polar surface area (TPSA) is 69.6 Å². The number of carbonyl (C=O) groups is 1. The van der Waals surface area contributed by atoms with E-state index in [0.29, 0.717) is 6.42 Å². The molecule has 0 heterocycles. The molecule has 0 spiro atoms. The van der Waals surface area contributed by atoms with Gasteiger partial charge in [-0.3, -0.25) is 4.79 Å². The number of aliphatic hydroxyl groups is 2. The molecule has 0 aliphatic carbocycles. The number of nitrogens with one attached hydrogen (secondary N) is 1. The molecule has 2 unspecified atom stereocenters. The smallest absolute Gasteiger partial charge is 0.220 e. The van der Waals surface area contributed by atoms with Gasteiger partial charge >= 0.3 is 0 Å². The summed E-state index contributed by atoms with van der Waals surface area (Å²) in [5.74, 6) is -0.0867. The van der Waals surface area contributed by atoms with Crippen molar-refractivity contribution in [3.63, 3.8) is 0 Å². The van der Waals surface area contributed by atoms with Gasteiger partial charge in [-0.05, 0) is 25.7 Å². The third-order valence-electron chi connectivity index (χ3n) is 4.94. The summed E-state index contributed by atoms with van der Waals surface area (Å²) >= 11 is 0. The average molecular weight is 396 g/mol. The molecule has 4 heteroatoms. The molecule has 0 aliphatic rings. The Kier molecular flexibility index (Phi) is 19.8. The lowest BCUT2D eigenvalue weighted by Crippen LogP contribution is -2.45. The molecule has 0 aromatic rings. The Hall–Kier alpha value is -1.13. The van der Waals surface area contributed by atoms with Crippen LogP contribution in [0.5, 0.6) is 0 Å². The van der Waals surface area contributed by atoms with Gasteiger partial charge in [-0.1, -0.05) is 95.9 Å². The van der Waals surface area contributed by atoms with Crippen LogP contribution >= 0.6 is 0 Å². The van der Waals surface area contributed by atoms with Crippen LogP contribution in [-0.4, -0.2) is 34.9 Å². The maximum Gasteiger partial charge on any atom is 0.220 e. The summed E-state index contributed by atoms with van der Waals surface area (Å²) < 4.78 is 0. The minimum Gasteiger partial charge on any atom is -0.394 e. The van der Waals surface area contributed by atoms with Gasteiger partial charge in [-0.15, -0.1) is 0 Å². The van der Waals surface area contributed by atoms with Crippen molar-refractivity contribution in [2.24, 2.45) is 0 Å². The number of rotatable bonds is 19. The predicted octanol–water partition coefficient (Wildman–Crippen LogP) is 5.44. The molecule has 28 heavy (non-hydrogen) atoms. The number of hydrogen-bond donors (Lipinski definition) is 3. The lowest BCUT2D eigenvalue weighted by atomic mass is 10.1. The zero-order valence-electron chi connectivity index (χ0n) is 18.4. The van der Waals surface area contributed by atoms with Crippen LogP contribution < -0.4 is 5.32 Å². The van der Waals surface area contributed by atoms with Crippen LogP contribution in [0.4, 0.5) is 0 Å². The van der Waals surface area contributed by atoms with Gasteiger partial charge in [0, 0.05) is 6.42 Å². The third-order valence-corrected chi connectivity index (χ3v) is 4.94. The summed E-state index contributed by atoms with van der Waals surface area (Å²) in [7, 11) is 0. The first kappa shape index (κ1) is 26.9. The maximum absolute atomic E-state index is 12.0. The third kappa shape index (κ3) is 17.0. The number of aliphatic hydroxyl groups excluding tert-OH is 2. The Morgan fingerprint density at radius 3 is 2.04 bits per heavy atom. The number of hydrogen-bond acceptors (Lipinski definition) is 3. The van der Waals surface area contributed by atoms with E-state index in [9.17, 15) is 15.0 Å². The minimum absolute atomic E-state index is 0.0867. The SMILES string of the molecule is CCCC/C=C/CC/C=C/C(O)C(CO)NC(=O)CCCCCCCCCC. The molecule has 164 valence electrons. The minimum atomic E-state index is -0.850. The Labute approximate surface area is 173 Å². The summed E-state index contributed by atoms with van der Waals surface area (Å²) in [6.45, 7) is 4.15. The second-order valence-corrected chi connectivity index (χ2v) is 7.69. The van der Waals surface area contributed by atoms with E-state index in [4.69, 9.17) is 0 Å². The molecule has 3 N–H and O–H groups in total. The van der Waals surface area contributed by atoms with Gasteiger partial charge in [0.05, 0.1) is 18.8 Å². The molecule has 0 aliphatic heterocycles. The van der Waals surface area contributed by atoms with E-state index in [1.165, 1.54) is 51.4 Å². The fraction of sp³-hybridized carbons (Fsp3) is 0.792. The summed E-state index contributed by atoms with van der Waals surface area (Å²) in [4.78, 5) is 12.0. The number of allylic oxidation sites excluding steroid dienone is 3. The zero-order valence-corrected chi connectivity index (χ0v) is 18.4. The molecular formula is C24H45NO3. The molecule has 0 aromatic carbocycles. The largest absolute Gasteiger partial charge is 0.394 e. The molecule has 0 fully saturated rings. The Balaban J connectivity index is 3.86. The molecule has 0 radical (unpaired) electrons. The van der Waals surface area contributed by atoms with Gasteiger partial charge in [0.25, 0.3) is 0 Å². The van der Waals surface area contributed by atoms with Crippen molar-refractivity contribution in [2.75, 3.05) is 6.61 Å². The van der Waals surface area contributed by atoms with Crippen molar-refractivity contribution in [1.82, 2.24) is 5.32 Å². The van der Waals surface area contributed by atoms with Gasteiger partial charge in [0.2, 0.25) is 5.91 Å². The number of unbranched alkanes of at least 4 members (excludes halogenated alkanes) is 10. The molecule has 0 saturated heterocycles. The van der Waals surface area contributed by atoms with Crippen LogP contribution in [0.15, 0.2) is 24.3 Å². The molecule has 0 saturated carbocycles. The van der Waals surface area contributed by atoms with Crippen molar-refractivity contribution in [1.29, 1.82) is 0 Å². The van der Waals surface area contributed by atoms with Gasteiger partial charge in [0.1, 0.15) is 0 Å². The molecule has 0 aromatic heterocycles. The summed E-state index contributed by atoms with van der Waals surface area (Å²) in [5, 5.41) is 22.4. The lowest BCUT2D eigenvalue weighted by molar-refractivity contribution is -0.123. The Morgan fingerprint density at radius 1 is 0.821 bits per heavy atom. The normalized spacial score (nSPS) is 14.0. The van der Waals surface area contributed by atoms with E-state index in [1.807, 2.05) is 6.08 Å². The fourth-order valence-corrected chi connectivity index (χ4v) is 3.06. The van der Waals surface area contributed by atoms with Crippen molar-refractivity contribution >= 4 is 5.91 Å². The van der Waals surface area contributed by atoms with Crippen LogP contribution in [0.1, 0.15) is 104 Å². The van der Waals surface area contributed by atoms with Crippen molar-refractivity contribution in [2.45, 2.75) is 116 Å². The van der Waals surface area contributed by atoms with Crippen LogP contribution in [0.2, 0.25) is 0 Å². The highest BCUT2D eigenvalue weighted by atomic mass is 16.3. The second kappa shape index (κ2) is 20.6. The molecule has 0 rings (SSSR count). The molecule has 2 atom stereocenters. The zero-order chi connectivity index (χ0) is 20.9. The van der Waals surface area contributed by atoms with Crippen LogP contribution in [0.3, 0.4) is 0 Å². The van der Waals surface area contributed by atoms with E-state index in [-0.39, 0.29) is 12.5 Å². The van der Waals surface area contributed by atoms with Crippen LogP contribution in [0.25, 0.3) is 0 Å². The highest BCUT2D eigenvalue weighted by molar-refractivity contribution is 5.76. The van der Waals surface area contributed by atoms with Crippen molar-refractivity contribution in [3.8, 4) is 0 Å². The van der Waals surface area contributed by atoms with E-state index in [0.717, 1.165) is 32.1 Å². The molecular weight excluding hydrogens is 350 g/mol. The highest BCUT2D eigenvalue weighted by Crippen LogP contribution is 2.10. The monoisotopic (exact) mass is 395 g/mol. The molecule has 4 nitrogen and oxygen atoms in total. The summed E-state index contributed by atoms with van der Waals surface area (Å²) in [6.07, 6.45) is 22.5. The fourth-order valence-electron chi connectivity index (χ4n) is 3.06. The number of carbonyl (C=O) groups excluding carboxylic acids is 1. The second-order valence-electron chi connectivity index (χ2n) is 7.69. The van der Waals surface area contributed by atoms with Crippen LogP contribution in [0, 0.1) is 0 Å². The number of amides is 1. The van der Waals surface area contributed by atoms with E-state index in [1.54, 1.807) is 6.08 Å². The first-order valence-corrected chi connectivity index (χ1v) is 11.6. The quantitative estimate of drug-likeness (QED) is 0.201. The van der Waals surface area contributed by atoms with Crippen molar-refractivity contribution < 1.29 is 15.0 Å². The van der Waals surface area contributed by atoms with Gasteiger partial charge in [0.15, 0.2) is 0 Å². The van der Waals surface area contributed by atoms with Crippen molar-refractivity contribution in [3.05, 3.63) is 24.3 Å². The van der Waals surface area contributed by atoms with E-state index in [2.05, 4.69) is 31.3 Å². The predicted molar refractivity (Wildman–Crippen MR) is 119 cm³/mol. The average Bonchev–Trinajstić information content (AvgIpc) is 2.70. The Morgan fingerprint density at radius 2 is 1.39 bits per heavy atom. The standard InChI is InChI=1S/C24H45NO3/c1-3-5-7-9-11-13-15-17-19-23(27)22(21-26)25-24(28)20-18-16-14-12-10-8-6-4-2/h9,11,17,19,22-23,26-27H,3-8,10,12-16,18,20-21H2,1-2H3,(H,25,28)/b11-9+,19-17+. The summed E-state index contributed by atoms with van der Waals surface area (Å²) in [6, 6.07) is -0.627. The lowest BCUT2D eigenvalue weighted by Gasteiger charge is -2.19. The first-order chi connectivity index (χ1) is 13.7. The van der Waals surface area contributed by atoms with Gasteiger partial charge in [-0.25, -0.2) is 0 Å². The van der Waals surface area contributed by atoms with Gasteiger partial charge < -0.3 is 15.5 Å². The highest BCUT2D eigenvalue weighted by Gasteiger charge is 2.17. The van der Waals surface area contributed by atoms with E-state index < -0.39 is 12.1 Å².